The van der Waals surface area contributed by atoms with Crippen LogP contribution in [0.2, 0.25) is 0 Å². The van der Waals surface area contributed by atoms with Crippen molar-refractivity contribution in [3.8, 4) is 22.4 Å². The first-order valence-corrected chi connectivity index (χ1v) is 8.40. The van der Waals surface area contributed by atoms with E-state index >= 15 is 0 Å². The van der Waals surface area contributed by atoms with Crippen LogP contribution in [-0.2, 0) is 17.6 Å². The Morgan fingerprint density at radius 1 is 1.20 bits per heavy atom. The summed E-state index contributed by atoms with van der Waals surface area (Å²) in [6.45, 7) is -0.955. The first-order valence-electron chi connectivity index (χ1n) is 8.40. The highest BCUT2D eigenvalue weighted by atomic mass is 19.4. The van der Waals surface area contributed by atoms with Crippen molar-refractivity contribution in [2.75, 3.05) is 12.4 Å². The number of halogens is 4. The van der Waals surface area contributed by atoms with Gasteiger partial charge in [-0.2, -0.15) is 13.2 Å². The summed E-state index contributed by atoms with van der Waals surface area (Å²) in [6.07, 6.45) is -3.43. The van der Waals surface area contributed by atoms with E-state index in [2.05, 4.69) is 25.0 Å². The van der Waals surface area contributed by atoms with Gasteiger partial charge in [-0.1, -0.05) is 0 Å². The third-order valence-electron chi connectivity index (χ3n) is 4.07. The van der Waals surface area contributed by atoms with E-state index < -0.39 is 30.2 Å². The van der Waals surface area contributed by atoms with Crippen LogP contribution in [0.3, 0.4) is 0 Å². The van der Waals surface area contributed by atoms with Crippen LogP contribution in [0.25, 0.3) is 22.4 Å². The van der Waals surface area contributed by atoms with Crippen LogP contribution in [-0.4, -0.2) is 28.2 Å². The van der Waals surface area contributed by atoms with Crippen molar-refractivity contribution >= 4 is 11.9 Å². The van der Waals surface area contributed by atoms with E-state index in [1.165, 1.54) is 18.2 Å². The fraction of sp³-hybridized carbons (Fsp3) is 0.158. The molecule has 3 heterocycles. The Morgan fingerprint density at radius 3 is 2.63 bits per heavy atom. The smallest absolute Gasteiger partial charge is 0.434 e. The number of amides is 1. The maximum atomic E-state index is 13.5. The van der Waals surface area contributed by atoms with Gasteiger partial charge >= 0.3 is 12.3 Å². The van der Waals surface area contributed by atoms with Crippen LogP contribution in [0.15, 0.2) is 47.5 Å². The minimum atomic E-state index is -4.75. The number of hydrogen-bond acceptors (Lipinski definition) is 5. The molecule has 0 spiro atoms. The number of carbonyl (C=O) groups is 1. The molecule has 0 unspecified atom stereocenters. The summed E-state index contributed by atoms with van der Waals surface area (Å²) in [5.74, 6) is 0.00763. The van der Waals surface area contributed by atoms with Gasteiger partial charge in [0.25, 0.3) is 0 Å². The lowest BCUT2D eigenvalue weighted by atomic mass is 10.00. The Balaban J connectivity index is 2.17. The summed E-state index contributed by atoms with van der Waals surface area (Å²) in [4.78, 5) is 33.2. The Kier molecular flexibility index (Phi) is 5.81. The van der Waals surface area contributed by atoms with Crippen LogP contribution in [0.4, 0.5) is 28.2 Å². The molecule has 0 bridgehead atoms. The lowest BCUT2D eigenvalue weighted by molar-refractivity contribution is -0.140. The molecule has 1 amide bonds. The molecule has 0 aliphatic carbocycles. The van der Waals surface area contributed by atoms with Crippen LogP contribution in [0.1, 0.15) is 11.3 Å². The third-order valence-corrected chi connectivity index (χ3v) is 4.07. The van der Waals surface area contributed by atoms with E-state index in [0.717, 1.165) is 31.6 Å². The highest BCUT2D eigenvalue weighted by Crippen LogP contribution is 2.35. The zero-order valence-corrected chi connectivity index (χ0v) is 15.4. The number of alkyl halides is 4. The van der Waals surface area contributed by atoms with Crippen molar-refractivity contribution in [1.29, 1.82) is 0 Å². The van der Waals surface area contributed by atoms with Crippen molar-refractivity contribution < 1.29 is 27.1 Å². The Bertz CT molecular complexity index is 1150. The van der Waals surface area contributed by atoms with Gasteiger partial charge in [-0.25, -0.2) is 14.2 Å². The number of methoxy groups -OCH3 is 1. The molecule has 0 fully saturated rings. The molecule has 7 nitrogen and oxygen atoms in total. The van der Waals surface area contributed by atoms with Gasteiger partial charge in [0.05, 0.1) is 12.8 Å². The summed E-state index contributed by atoms with van der Waals surface area (Å²) < 4.78 is 57.9. The van der Waals surface area contributed by atoms with Gasteiger partial charge in [0, 0.05) is 29.6 Å². The quantitative estimate of drug-likeness (QED) is 0.616. The van der Waals surface area contributed by atoms with Gasteiger partial charge in [0.15, 0.2) is 5.69 Å². The molecule has 0 atom stereocenters. The standard InChI is InChI=1S/C19H14F4N4O3/c1-30-18(29)27-15-7-13(11(8-20)9-25-15)10-5-14(26-16(28)6-10)12-3-2-4-24-17(12)19(21,22)23/h2-7,9H,8H2,1H3,(H,26,28)(H,25,27,29). The average Bonchev–Trinajstić information content (AvgIpc) is 2.72. The number of rotatable bonds is 4. The molecule has 3 aromatic rings. The molecule has 0 saturated heterocycles. The van der Waals surface area contributed by atoms with E-state index in [1.54, 1.807) is 0 Å². The van der Waals surface area contributed by atoms with E-state index in [1.807, 2.05) is 0 Å². The molecule has 30 heavy (non-hydrogen) atoms. The molecule has 0 saturated carbocycles. The highest BCUT2D eigenvalue weighted by molar-refractivity contribution is 5.85. The Labute approximate surface area is 166 Å². The predicted molar refractivity (Wildman–Crippen MR) is 99.4 cm³/mol. The first kappa shape index (κ1) is 21.0. The van der Waals surface area contributed by atoms with E-state index in [9.17, 15) is 27.2 Å². The number of H-pyrrole nitrogens is 1. The summed E-state index contributed by atoms with van der Waals surface area (Å²) in [5.41, 5.74) is -1.99. The van der Waals surface area contributed by atoms with E-state index in [0.29, 0.717) is 0 Å². The van der Waals surface area contributed by atoms with Crippen molar-refractivity contribution in [3.05, 3.63) is 64.3 Å². The van der Waals surface area contributed by atoms with E-state index in [4.69, 9.17) is 0 Å². The van der Waals surface area contributed by atoms with Gasteiger partial charge in [-0.3, -0.25) is 15.1 Å². The number of anilines is 1. The largest absolute Gasteiger partial charge is 0.453 e. The lowest BCUT2D eigenvalue weighted by Crippen LogP contribution is -2.13. The highest BCUT2D eigenvalue weighted by Gasteiger charge is 2.35. The maximum Gasteiger partial charge on any atom is 0.434 e. The number of nitrogens with zero attached hydrogens (tertiary/aromatic N) is 2. The lowest BCUT2D eigenvalue weighted by Gasteiger charge is -2.13. The summed E-state index contributed by atoms with van der Waals surface area (Å²) in [5, 5.41) is 2.30. The zero-order valence-electron chi connectivity index (χ0n) is 15.4. The second kappa shape index (κ2) is 8.31. The number of aromatic amines is 1. The Hall–Kier alpha value is -3.76. The molecule has 2 N–H and O–H groups in total. The fourth-order valence-electron chi connectivity index (χ4n) is 2.78. The minimum absolute atomic E-state index is 0.00763. The number of pyridine rings is 3. The number of carbonyl (C=O) groups excluding carboxylic acids is 1. The summed E-state index contributed by atoms with van der Waals surface area (Å²) in [7, 11) is 1.14. The molecule has 0 aliphatic rings. The second-order valence-corrected chi connectivity index (χ2v) is 6.02. The maximum absolute atomic E-state index is 13.5. The molecule has 156 valence electrons. The normalized spacial score (nSPS) is 11.2. The average molecular weight is 422 g/mol. The van der Waals surface area contributed by atoms with Crippen LogP contribution < -0.4 is 10.9 Å². The van der Waals surface area contributed by atoms with Gasteiger partial charge < -0.3 is 9.72 Å². The number of nitrogens with one attached hydrogen (secondary N) is 2. The summed E-state index contributed by atoms with van der Waals surface area (Å²) >= 11 is 0. The second-order valence-electron chi connectivity index (χ2n) is 6.02. The van der Waals surface area contributed by atoms with Gasteiger partial charge in [-0.05, 0) is 35.4 Å². The summed E-state index contributed by atoms with van der Waals surface area (Å²) in [6, 6.07) is 6.12. The van der Waals surface area contributed by atoms with Crippen molar-refractivity contribution in [2.45, 2.75) is 12.9 Å². The van der Waals surface area contributed by atoms with Crippen molar-refractivity contribution in [1.82, 2.24) is 15.0 Å². The van der Waals surface area contributed by atoms with Crippen LogP contribution >= 0.6 is 0 Å². The molecule has 0 radical (unpaired) electrons. The number of ether oxygens (including phenoxy) is 1. The topological polar surface area (TPSA) is 97.0 Å². The molecule has 0 aromatic carbocycles. The molecule has 3 aromatic heterocycles. The minimum Gasteiger partial charge on any atom is -0.453 e. The van der Waals surface area contributed by atoms with Gasteiger partial charge in [0.1, 0.15) is 12.5 Å². The SMILES string of the molecule is COC(=O)Nc1cc(-c2cc(-c3cccnc3C(F)(F)F)[nH]c(=O)c2)c(CF)cn1. The predicted octanol–water partition coefficient (Wildman–Crippen LogP) is 4.17. The molecule has 11 heteroatoms. The van der Waals surface area contributed by atoms with Crippen LogP contribution in [0.5, 0.6) is 0 Å². The van der Waals surface area contributed by atoms with Gasteiger partial charge in [-0.15, -0.1) is 0 Å². The molecular formula is C19H14F4N4O3. The monoisotopic (exact) mass is 422 g/mol. The first-order chi connectivity index (χ1) is 14.2. The number of aromatic nitrogens is 3. The fourth-order valence-corrected chi connectivity index (χ4v) is 2.78. The van der Waals surface area contributed by atoms with E-state index in [-0.39, 0.29) is 33.8 Å². The Morgan fingerprint density at radius 2 is 1.97 bits per heavy atom. The third kappa shape index (κ3) is 4.45. The number of hydrogen-bond donors (Lipinski definition) is 2. The molecular weight excluding hydrogens is 408 g/mol. The molecule has 0 aliphatic heterocycles. The van der Waals surface area contributed by atoms with Crippen molar-refractivity contribution in [2.24, 2.45) is 0 Å². The van der Waals surface area contributed by atoms with Crippen LogP contribution in [0, 0.1) is 0 Å². The van der Waals surface area contributed by atoms with Crippen molar-refractivity contribution in [3.63, 3.8) is 0 Å². The zero-order chi connectivity index (χ0) is 21.9. The van der Waals surface area contributed by atoms with Gasteiger partial charge in [0.2, 0.25) is 5.56 Å². The molecule has 3 rings (SSSR count).